The lowest BCUT2D eigenvalue weighted by Crippen LogP contribution is -2.47. The number of rotatable bonds is 7. The van der Waals surface area contributed by atoms with Crippen LogP contribution in [0.15, 0.2) is 6.33 Å². The molecule has 0 fully saturated rings. The van der Waals surface area contributed by atoms with Gasteiger partial charge in [-0.15, -0.1) is 10.2 Å². The highest BCUT2D eigenvalue weighted by Gasteiger charge is 2.17. The van der Waals surface area contributed by atoms with Crippen molar-refractivity contribution >= 4 is 11.8 Å². The minimum atomic E-state index is -0.596. The van der Waals surface area contributed by atoms with Gasteiger partial charge in [0.2, 0.25) is 11.8 Å². The molecule has 0 aliphatic heterocycles. The Morgan fingerprint density at radius 2 is 2.10 bits per heavy atom. The highest BCUT2D eigenvalue weighted by molar-refractivity contribution is 5.87. The van der Waals surface area contributed by atoms with Crippen LogP contribution in [0.5, 0.6) is 0 Å². The van der Waals surface area contributed by atoms with Gasteiger partial charge in [-0.1, -0.05) is 13.8 Å². The summed E-state index contributed by atoms with van der Waals surface area (Å²) in [6, 6.07) is -0.596. The van der Waals surface area contributed by atoms with Gasteiger partial charge in [-0.25, -0.2) is 0 Å². The van der Waals surface area contributed by atoms with Crippen molar-refractivity contribution in [3.05, 3.63) is 12.2 Å². The van der Waals surface area contributed by atoms with Gasteiger partial charge >= 0.3 is 0 Å². The van der Waals surface area contributed by atoms with Gasteiger partial charge in [-0.2, -0.15) is 0 Å². The van der Waals surface area contributed by atoms with Crippen molar-refractivity contribution in [2.24, 2.45) is 18.7 Å². The number of carbonyl (C=O) groups is 2. The number of amides is 2. The Balaban J connectivity index is 2.21. The van der Waals surface area contributed by atoms with Crippen LogP contribution in [0.4, 0.5) is 0 Å². The number of nitrogens with one attached hydrogen (secondary N) is 2. The van der Waals surface area contributed by atoms with E-state index in [1.165, 1.54) is 0 Å². The predicted octanol–water partition coefficient (Wildman–Crippen LogP) is -1.43. The standard InChI is InChI=1S/C12H22N6O2/c1-8(2)11(13)12(20)15-6-10(19)14-5-4-9-17-16-7-18(9)3/h7-8,11H,4-6,13H2,1-3H3,(H,14,19)(H,15,20)/t11-/m0/s1. The lowest BCUT2D eigenvalue weighted by atomic mass is 10.1. The molecule has 0 bridgehead atoms. The van der Waals surface area contributed by atoms with Crippen molar-refractivity contribution in [2.45, 2.75) is 26.3 Å². The molecule has 0 radical (unpaired) electrons. The van der Waals surface area contributed by atoms with E-state index >= 15 is 0 Å². The molecule has 0 spiro atoms. The summed E-state index contributed by atoms with van der Waals surface area (Å²) < 4.78 is 1.79. The van der Waals surface area contributed by atoms with Crippen molar-refractivity contribution in [1.29, 1.82) is 0 Å². The quantitative estimate of drug-likeness (QED) is 0.567. The van der Waals surface area contributed by atoms with E-state index in [9.17, 15) is 9.59 Å². The minimum absolute atomic E-state index is 0.0361. The molecule has 8 nitrogen and oxygen atoms in total. The van der Waals surface area contributed by atoms with Gasteiger partial charge in [0.1, 0.15) is 12.2 Å². The lowest BCUT2D eigenvalue weighted by molar-refractivity contribution is -0.127. The average Bonchev–Trinajstić information content (AvgIpc) is 2.80. The third-order valence-corrected chi connectivity index (χ3v) is 2.92. The summed E-state index contributed by atoms with van der Waals surface area (Å²) in [6.45, 7) is 4.08. The number of carbonyl (C=O) groups excluding carboxylic acids is 2. The normalized spacial score (nSPS) is 12.2. The summed E-state index contributed by atoms with van der Waals surface area (Å²) in [6.07, 6.45) is 2.19. The molecule has 112 valence electrons. The number of hydrogen-bond donors (Lipinski definition) is 3. The van der Waals surface area contributed by atoms with Crippen LogP contribution in [0.1, 0.15) is 19.7 Å². The van der Waals surface area contributed by atoms with E-state index in [0.717, 1.165) is 5.82 Å². The fourth-order valence-corrected chi connectivity index (χ4v) is 1.50. The van der Waals surface area contributed by atoms with Crippen molar-refractivity contribution < 1.29 is 9.59 Å². The molecule has 1 aromatic heterocycles. The Bertz CT molecular complexity index is 457. The van der Waals surface area contributed by atoms with E-state index in [0.29, 0.717) is 13.0 Å². The Morgan fingerprint density at radius 3 is 2.65 bits per heavy atom. The second kappa shape index (κ2) is 7.59. The third kappa shape index (κ3) is 4.96. The van der Waals surface area contributed by atoms with Gasteiger partial charge in [0.25, 0.3) is 0 Å². The number of aromatic nitrogens is 3. The second-order valence-corrected chi connectivity index (χ2v) is 4.95. The fourth-order valence-electron chi connectivity index (χ4n) is 1.50. The molecular formula is C12H22N6O2. The molecule has 2 amide bonds. The van der Waals surface area contributed by atoms with Gasteiger partial charge in [-0.05, 0) is 5.92 Å². The average molecular weight is 282 g/mol. The molecule has 0 saturated heterocycles. The van der Waals surface area contributed by atoms with Gasteiger partial charge in [0.15, 0.2) is 0 Å². The molecular weight excluding hydrogens is 260 g/mol. The van der Waals surface area contributed by atoms with Crippen LogP contribution in [0.2, 0.25) is 0 Å². The molecule has 4 N–H and O–H groups in total. The molecule has 0 unspecified atom stereocenters. The van der Waals surface area contributed by atoms with E-state index in [4.69, 9.17) is 5.73 Å². The monoisotopic (exact) mass is 282 g/mol. The molecule has 0 saturated carbocycles. The first-order valence-corrected chi connectivity index (χ1v) is 6.54. The van der Waals surface area contributed by atoms with E-state index in [2.05, 4.69) is 20.8 Å². The second-order valence-electron chi connectivity index (χ2n) is 4.95. The largest absolute Gasteiger partial charge is 0.354 e. The predicted molar refractivity (Wildman–Crippen MR) is 73.5 cm³/mol. The molecule has 20 heavy (non-hydrogen) atoms. The molecule has 1 heterocycles. The van der Waals surface area contributed by atoms with Crippen LogP contribution in [0, 0.1) is 5.92 Å². The van der Waals surface area contributed by atoms with Crippen molar-refractivity contribution in [3.63, 3.8) is 0 Å². The van der Waals surface area contributed by atoms with Crippen LogP contribution in [0.25, 0.3) is 0 Å². The number of nitrogens with two attached hydrogens (primary N) is 1. The first kappa shape index (κ1) is 16.1. The first-order valence-electron chi connectivity index (χ1n) is 6.54. The topological polar surface area (TPSA) is 115 Å². The van der Waals surface area contributed by atoms with E-state index < -0.39 is 6.04 Å². The molecule has 1 rings (SSSR count). The van der Waals surface area contributed by atoms with Crippen molar-refractivity contribution in [3.8, 4) is 0 Å². The highest BCUT2D eigenvalue weighted by atomic mass is 16.2. The Labute approximate surface area is 118 Å². The smallest absolute Gasteiger partial charge is 0.239 e. The molecule has 1 aromatic rings. The molecule has 0 aliphatic rings. The number of nitrogens with zero attached hydrogens (tertiary/aromatic N) is 3. The van der Waals surface area contributed by atoms with Crippen molar-refractivity contribution in [2.75, 3.05) is 13.1 Å². The van der Waals surface area contributed by atoms with Crippen LogP contribution in [-0.4, -0.2) is 45.7 Å². The summed E-state index contributed by atoms with van der Waals surface area (Å²) in [5.74, 6) is 0.255. The molecule has 0 aromatic carbocycles. The minimum Gasteiger partial charge on any atom is -0.354 e. The summed E-state index contributed by atoms with van der Waals surface area (Å²) in [5, 5.41) is 12.9. The maximum Gasteiger partial charge on any atom is 0.239 e. The van der Waals surface area contributed by atoms with Gasteiger partial charge in [-0.3, -0.25) is 9.59 Å². The SMILES string of the molecule is CC(C)[C@H](N)C(=O)NCC(=O)NCCc1nncn1C. The van der Waals surface area contributed by atoms with E-state index in [1.54, 1.807) is 10.9 Å². The van der Waals surface area contributed by atoms with Crippen LogP contribution in [0.3, 0.4) is 0 Å². The zero-order valence-corrected chi connectivity index (χ0v) is 12.1. The third-order valence-electron chi connectivity index (χ3n) is 2.92. The summed E-state index contributed by atoms with van der Waals surface area (Å²) in [7, 11) is 1.84. The molecule has 0 aliphatic carbocycles. The van der Waals surface area contributed by atoms with E-state index in [-0.39, 0.29) is 24.3 Å². The highest BCUT2D eigenvalue weighted by Crippen LogP contribution is 1.97. The van der Waals surface area contributed by atoms with Gasteiger partial charge in [0.05, 0.1) is 12.6 Å². The van der Waals surface area contributed by atoms with Crippen LogP contribution in [-0.2, 0) is 23.1 Å². The lowest BCUT2D eigenvalue weighted by Gasteiger charge is -2.15. The molecule has 8 heteroatoms. The van der Waals surface area contributed by atoms with Crippen LogP contribution >= 0.6 is 0 Å². The van der Waals surface area contributed by atoms with E-state index in [1.807, 2.05) is 20.9 Å². The zero-order valence-electron chi connectivity index (χ0n) is 12.1. The van der Waals surface area contributed by atoms with Gasteiger partial charge < -0.3 is 20.9 Å². The molecule has 1 atom stereocenters. The fraction of sp³-hybridized carbons (Fsp3) is 0.667. The summed E-state index contributed by atoms with van der Waals surface area (Å²) >= 11 is 0. The maximum absolute atomic E-state index is 11.6. The summed E-state index contributed by atoms with van der Waals surface area (Å²) in [4.78, 5) is 23.1. The maximum atomic E-state index is 11.6. The Kier molecular flexibility index (Phi) is 6.10. The van der Waals surface area contributed by atoms with Crippen molar-refractivity contribution in [1.82, 2.24) is 25.4 Å². The zero-order chi connectivity index (χ0) is 15.1. The Hall–Kier alpha value is -1.96. The Morgan fingerprint density at radius 1 is 1.40 bits per heavy atom. The van der Waals surface area contributed by atoms with Crippen LogP contribution < -0.4 is 16.4 Å². The summed E-state index contributed by atoms with van der Waals surface area (Å²) in [5.41, 5.74) is 5.67. The number of aryl methyl sites for hydroxylation is 1. The first-order chi connectivity index (χ1) is 9.41. The number of hydrogen-bond acceptors (Lipinski definition) is 5. The van der Waals surface area contributed by atoms with Gasteiger partial charge in [0, 0.05) is 20.0 Å².